The van der Waals surface area contributed by atoms with Gasteiger partial charge in [-0.15, -0.1) is 0 Å². The second kappa shape index (κ2) is 14.3. The number of para-hydroxylation sites is 1. The van der Waals surface area contributed by atoms with Crippen LogP contribution in [0.15, 0.2) is 217 Å². The van der Waals surface area contributed by atoms with Gasteiger partial charge in [0, 0.05) is 27.5 Å². The number of rotatable bonds is 6. The van der Waals surface area contributed by atoms with Crippen LogP contribution in [0.4, 0.5) is 0 Å². The molecule has 4 heteroatoms. The molecule has 0 bridgehead atoms. The molecule has 12 aromatic rings. The molecular weight excluding hydrogens is 743 g/mol. The van der Waals surface area contributed by atoms with Crippen LogP contribution in [0.25, 0.3) is 122 Å². The van der Waals surface area contributed by atoms with Crippen LogP contribution < -0.4 is 0 Å². The fourth-order valence-corrected chi connectivity index (χ4v) is 8.74. The highest BCUT2D eigenvalue weighted by atomic mass is 16.3. The lowest BCUT2D eigenvalue weighted by molar-refractivity contribution is 0.669. The zero-order chi connectivity index (χ0) is 40.3. The first-order valence-corrected chi connectivity index (χ1v) is 20.6. The van der Waals surface area contributed by atoms with Crippen LogP contribution in [-0.4, -0.2) is 15.0 Å². The molecule has 284 valence electrons. The third kappa shape index (κ3) is 6.30. The summed E-state index contributed by atoms with van der Waals surface area (Å²) in [4.78, 5) is 15.7. The summed E-state index contributed by atoms with van der Waals surface area (Å²) in [6.45, 7) is 0. The van der Waals surface area contributed by atoms with Crippen molar-refractivity contribution in [1.29, 1.82) is 0 Å². The molecule has 0 aliphatic carbocycles. The maximum Gasteiger partial charge on any atom is 0.164 e. The number of aromatic nitrogens is 3. The Morgan fingerprint density at radius 2 is 0.738 bits per heavy atom. The Balaban J connectivity index is 1.01. The molecule has 0 saturated heterocycles. The van der Waals surface area contributed by atoms with Crippen molar-refractivity contribution < 1.29 is 4.42 Å². The Labute approximate surface area is 352 Å². The summed E-state index contributed by atoms with van der Waals surface area (Å²) >= 11 is 0. The van der Waals surface area contributed by atoms with E-state index in [0.717, 1.165) is 65.9 Å². The fraction of sp³-hybridized carbons (Fsp3) is 0. The van der Waals surface area contributed by atoms with E-state index in [9.17, 15) is 0 Å². The van der Waals surface area contributed by atoms with Crippen molar-refractivity contribution in [2.45, 2.75) is 0 Å². The minimum Gasteiger partial charge on any atom is -0.456 e. The van der Waals surface area contributed by atoms with E-state index in [1.165, 1.54) is 38.4 Å². The predicted octanol–water partition coefficient (Wildman–Crippen LogP) is 15.2. The molecule has 0 unspecified atom stereocenters. The van der Waals surface area contributed by atoms with E-state index in [0.29, 0.717) is 17.5 Å². The standard InChI is InChI=1S/C57H35N3O/c1-2-11-36(12-3-1)39-16-10-17-40(29-39)41-22-23-43-32-46(26-24-42(43)30-41)55-58-56(47-27-28-54-52(34-47)50-19-8-9-20-53(50)61-54)60-57(59-55)48-33-44-15-6-7-18-49(44)51(35-48)45-25-21-37-13-4-5-14-38(37)31-45/h1-35H. The van der Waals surface area contributed by atoms with Crippen molar-refractivity contribution in [3.05, 3.63) is 212 Å². The van der Waals surface area contributed by atoms with Crippen LogP contribution in [0.3, 0.4) is 0 Å². The van der Waals surface area contributed by atoms with Crippen LogP contribution in [0.2, 0.25) is 0 Å². The van der Waals surface area contributed by atoms with Gasteiger partial charge >= 0.3 is 0 Å². The number of hydrogen-bond donors (Lipinski definition) is 0. The monoisotopic (exact) mass is 777 g/mol. The normalized spacial score (nSPS) is 11.6. The molecule has 0 fully saturated rings. The molecule has 0 aliphatic rings. The van der Waals surface area contributed by atoms with Crippen LogP contribution in [0, 0.1) is 0 Å². The molecular formula is C57H35N3O. The van der Waals surface area contributed by atoms with Gasteiger partial charge in [-0.1, -0.05) is 152 Å². The zero-order valence-corrected chi connectivity index (χ0v) is 33.0. The highest BCUT2D eigenvalue weighted by molar-refractivity contribution is 6.06. The number of hydrogen-bond acceptors (Lipinski definition) is 4. The van der Waals surface area contributed by atoms with Crippen molar-refractivity contribution >= 4 is 54.3 Å². The molecule has 0 N–H and O–H groups in total. The molecule has 10 aromatic carbocycles. The van der Waals surface area contributed by atoms with E-state index in [1.54, 1.807) is 0 Å². The topological polar surface area (TPSA) is 51.8 Å². The molecule has 61 heavy (non-hydrogen) atoms. The average molecular weight is 778 g/mol. The second-order valence-electron chi connectivity index (χ2n) is 15.6. The largest absolute Gasteiger partial charge is 0.456 e. The second-order valence-corrected chi connectivity index (χ2v) is 15.6. The van der Waals surface area contributed by atoms with E-state index >= 15 is 0 Å². The first-order valence-electron chi connectivity index (χ1n) is 20.6. The van der Waals surface area contributed by atoms with E-state index in [1.807, 2.05) is 30.3 Å². The van der Waals surface area contributed by atoms with Crippen LogP contribution in [0.1, 0.15) is 0 Å². The van der Waals surface area contributed by atoms with Gasteiger partial charge < -0.3 is 4.42 Å². The van der Waals surface area contributed by atoms with Gasteiger partial charge in [0.1, 0.15) is 11.2 Å². The summed E-state index contributed by atoms with van der Waals surface area (Å²) in [5.74, 6) is 1.82. The van der Waals surface area contributed by atoms with Crippen LogP contribution in [-0.2, 0) is 0 Å². The minimum absolute atomic E-state index is 0.598. The molecule has 2 aromatic heterocycles. The van der Waals surface area contributed by atoms with Crippen molar-refractivity contribution in [1.82, 2.24) is 15.0 Å². The Morgan fingerprint density at radius 1 is 0.246 bits per heavy atom. The van der Waals surface area contributed by atoms with E-state index in [2.05, 4.69) is 182 Å². The molecule has 0 atom stereocenters. The first kappa shape index (κ1) is 34.8. The van der Waals surface area contributed by atoms with Gasteiger partial charge in [0.15, 0.2) is 17.5 Å². The number of nitrogens with zero attached hydrogens (tertiary/aromatic N) is 3. The molecule has 0 aliphatic heterocycles. The van der Waals surface area contributed by atoms with Gasteiger partial charge in [0.2, 0.25) is 0 Å². The van der Waals surface area contributed by atoms with Gasteiger partial charge in [-0.25, -0.2) is 15.0 Å². The molecule has 0 spiro atoms. The Kier molecular flexibility index (Phi) is 8.13. The van der Waals surface area contributed by atoms with Crippen molar-refractivity contribution in [2.75, 3.05) is 0 Å². The summed E-state index contributed by atoms with van der Waals surface area (Å²) in [7, 11) is 0. The lowest BCUT2D eigenvalue weighted by Gasteiger charge is -2.13. The summed E-state index contributed by atoms with van der Waals surface area (Å²) in [6.07, 6.45) is 0. The number of furan rings is 1. The molecule has 2 heterocycles. The summed E-state index contributed by atoms with van der Waals surface area (Å²) in [5.41, 5.74) is 11.4. The minimum atomic E-state index is 0.598. The predicted molar refractivity (Wildman–Crippen MR) is 252 cm³/mol. The van der Waals surface area contributed by atoms with Gasteiger partial charge in [-0.05, 0) is 126 Å². The van der Waals surface area contributed by atoms with E-state index in [4.69, 9.17) is 19.4 Å². The number of benzene rings is 10. The maximum atomic E-state index is 6.20. The Hall–Kier alpha value is -8.21. The third-order valence-electron chi connectivity index (χ3n) is 11.9. The fourth-order valence-electron chi connectivity index (χ4n) is 8.74. The SMILES string of the molecule is c1ccc(-c2cccc(-c3ccc4cc(-c5nc(-c6cc(-c7ccc8ccccc8c7)c7ccccc7c6)nc(-c6ccc7oc8ccccc8c7c6)n5)ccc4c3)c2)cc1. The zero-order valence-electron chi connectivity index (χ0n) is 33.0. The van der Waals surface area contributed by atoms with Gasteiger partial charge in [-0.3, -0.25) is 0 Å². The highest BCUT2D eigenvalue weighted by Gasteiger charge is 2.17. The molecule has 12 rings (SSSR count). The first-order chi connectivity index (χ1) is 30.2. The van der Waals surface area contributed by atoms with Crippen LogP contribution >= 0.6 is 0 Å². The van der Waals surface area contributed by atoms with Crippen LogP contribution in [0.5, 0.6) is 0 Å². The van der Waals surface area contributed by atoms with Crippen molar-refractivity contribution in [3.63, 3.8) is 0 Å². The maximum absolute atomic E-state index is 6.20. The average Bonchev–Trinajstić information content (AvgIpc) is 3.71. The molecule has 4 nitrogen and oxygen atoms in total. The number of fused-ring (bicyclic) bond motifs is 6. The Bertz CT molecular complexity index is 3660. The highest BCUT2D eigenvalue weighted by Crippen LogP contribution is 2.38. The third-order valence-corrected chi connectivity index (χ3v) is 11.9. The summed E-state index contributed by atoms with van der Waals surface area (Å²) in [6, 6.07) is 74.9. The van der Waals surface area contributed by atoms with E-state index in [-0.39, 0.29) is 0 Å². The summed E-state index contributed by atoms with van der Waals surface area (Å²) in [5, 5.41) is 9.05. The van der Waals surface area contributed by atoms with E-state index < -0.39 is 0 Å². The molecule has 0 radical (unpaired) electrons. The smallest absolute Gasteiger partial charge is 0.164 e. The summed E-state index contributed by atoms with van der Waals surface area (Å²) < 4.78 is 6.20. The van der Waals surface area contributed by atoms with Gasteiger partial charge in [0.05, 0.1) is 0 Å². The van der Waals surface area contributed by atoms with Gasteiger partial charge in [0.25, 0.3) is 0 Å². The lowest BCUT2D eigenvalue weighted by atomic mass is 9.94. The Morgan fingerprint density at radius 3 is 1.56 bits per heavy atom. The van der Waals surface area contributed by atoms with Gasteiger partial charge in [-0.2, -0.15) is 0 Å². The molecule has 0 amide bonds. The van der Waals surface area contributed by atoms with Crippen molar-refractivity contribution in [2.24, 2.45) is 0 Å². The lowest BCUT2D eigenvalue weighted by Crippen LogP contribution is -2.00. The molecule has 0 saturated carbocycles. The quantitative estimate of drug-likeness (QED) is 0.169. The van der Waals surface area contributed by atoms with Crippen molar-refractivity contribution in [3.8, 4) is 67.5 Å².